The summed E-state index contributed by atoms with van der Waals surface area (Å²) in [6.45, 7) is 9.07. The number of carbonyl (C=O) groups excluding carboxylic acids is 1. The number of nitrogens with zero attached hydrogens (tertiary/aromatic N) is 3. The Morgan fingerprint density at radius 1 is 1.35 bits per heavy atom. The molecule has 1 amide bonds. The summed E-state index contributed by atoms with van der Waals surface area (Å²) in [5.41, 5.74) is 0.660. The lowest BCUT2D eigenvalue weighted by atomic mass is 10.1. The average Bonchev–Trinajstić information content (AvgIpc) is 2.46. The number of rotatable bonds is 4. The Morgan fingerprint density at radius 3 is 2.65 bits per heavy atom. The van der Waals surface area contributed by atoms with Crippen molar-refractivity contribution in [2.75, 3.05) is 45.1 Å². The van der Waals surface area contributed by atoms with Crippen molar-refractivity contribution in [2.24, 2.45) is 5.92 Å². The van der Waals surface area contributed by atoms with Gasteiger partial charge < -0.3 is 10.2 Å². The van der Waals surface area contributed by atoms with Crippen LogP contribution in [0.4, 0.5) is 5.82 Å². The van der Waals surface area contributed by atoms with E-state index in [1.807, 2.05) is 17.0 Å². The van der Waals surface area contributed by atoms with Crippen LogP contribution in [-0.2, 0) is 0 Å². The quantitative estimate of drug-likeness (QED) is 0.906. The van der Waals surface area contributed by atoms with Crippen LogP contribution in [0.25, 0.3) is 0 Å². The fourth-order valence-electron chi connectivity index (χ4n) is 2.60. The number of nitrogens with one attached hydrogen (secondary N) is 1. The summed E-state index contributed by atoms with van der Waals surface area (Å²) in [7, 11) is 1.79. The highest BCUT2D eigenvalue weighted by atomic mass is 16.2. The Hall–Kier alpha value is -1.62. The molecule has 1 aromatic rings. The molecule has 0 bridgehead atoms. The van der Waals surface area contributed by atoms with Crippen LogP contribution < -0.4 is 5.32 Å². The van der Waals surface area contributed by atoms with Crippen LogP contribution >= 0.6 is 0 Å². The van der Waals surface area contributed by atoms with Gasteiger partial charge in [0.1, 0.15) is 5.82 Å². The highest BCUT2D eigenvalue weighted by molar-refractivity contribution is 5.98. The molecule has 5 heteroatoms. The standard InChI is InChI=1S/C15H24N4O/c1-12(2)11-18-7-9-19(10-8-18)15(20)13-5-4-6-17-14(13)16-3/h4-6,12H,7-11H2,1-3H3,(H,16,17). The third-order valence-electron chi connectivity index (χ3n) is 3.56. The zero-order chi connectivity index (χ0) is 14.5. The summed E-state index contributed by atoms with van der Waals surface area (Å²) >= 11 is 0. The SMILES string of the molecule is CNc1ncccc1C(=O)N1CCN(CC(C)C)CC1. The van der Waals surface area contributed by atoms with Gasteiger partial charge in [-0.25, -0.2) is 4.98 Å². The predicted molar refractivity (Wildman–Crippen MR) is 81.0 cm³/mol. The van der Waals surface area contributed by atoms with Crippen LogP contribution in [-0.4, -0.2) is 60.5 Å². The van der Waals surface area contributed by atoms with E-state index >= 15 is 0 Å². The average molecular weight is 276 g/mol. The Labute approximate surface area is 121 Å². The zero-order valence-corrected chi connectivity index (χ0v) is 12.6. The van der Waals surface area contributed by atoms with E-state index in [1.165, 1.54) is 0 Å². The Morgan fingerprint density at radius 2 is 2.05 bits per heavy atom. The molecule has 1 aliphatic rings. The molecule has 1 aromatic heterocycles. The number of piperazine rings is 1. The summed E-state index contributed by atoms with van der Waals surface area (Å²) in [5.74, 6) is 1.40. The van der Waals surface area contributed by atoms with Gasteiger partial charge in [-0.3, -0.25) is 9.69 Å². The maximum absolute atomic E-state index is 12.5. The number of amides is 1. The molecule has 110 valence electrons. The van der Waals surface area contributed by atoms with E-state index in [0.29, 0.717) is 17.3 Å². The summed E-state index contributed by atoms with van der Waals surface area (Å²) in [5, 5.41) is 2.98. The second kappa shape index (κ2) is 6.70. The first kappa shape index (κ1) is 14.8. The molecular weight excluding hydrogens is 252 g/mol. The number of pyridine rings is 1. The van der Waals surface area contributed by atoms with Crippen molar-refractivity contribution in [1.82, 2.24) is 14.8 Å². The fraction of sp³-hybridized carbons (Fsp3) is 0.600. The number of hydrogen-bond donors (Lipinski definition) is 1. The second-order valence-electron chi connectivity index (χ2n) is 5.64. The highest BCUT2D eigenvalue weighted by Gasteiger charge is 2.24. The van der Waals surface area contributed by atoms with Crippen LogP contribution in [0.3, 0.4) is 0 Å². The molecule has 1 fully saturated rings. The van der Waals surface area contributed by atoms with E-state index in [-0.39, 0.29) is 5.91 Å². The van der Waals surface area contributed by atoms with E-state index in [4.69, 9.17) is 0 Å². The molecule has 0 aromatic carbocycles. The largest absolute Gasteiger partial charge is 0.372 e. The van der Waals surface area contributed by atoms with E-state index in [1.54, 1.807) is 13.2 Å². The normalized spacial score (nSPS) is 16.5. The minimum atomic E-state index is 0.0756. The Balaban J connectivity index is 1.98. The Kier molecular flexibility index (Phi) is 4.95. The van der Waals surface area contributed by atoms with Gasteiger partial charge in [0.15, 0.2) is 0 Å². The lowest BCUT2D eigenvalue weighted by Gasteiger charge is -2.35. The minimum Gasteiger partial charge on any atom is -0.372 e. The molecule has 0 atom stereocenters. The van der Waals surface area contributed by atoms with Crippen LogP contribution in [0.15, 0.2) is 18.3 Å². The van der Waals surface area contributed by atoms with Gasteiger partial charge in [0.25, 0.3) is 5.91 Å². The smallest absolute Gasteiger partial charge is 0.257 e. The van der Waals surface area contributed by atoms with E-state index in [0.717, 1.165) is 32.7 Å². The van der Waals surface area contributed by atoms with Crippen molar-refractivity contribution in [3.8, 4) is 0 Å². The second-order valence-corrected chi connectivity index (χ2v) is 5.64. The summed E-state index contributed by atoms with van der Waals surface area (Å²) in [6.07, 6.45) is 1.70. The number of aromatic nitrogens is 1. The van der Waals surface area contributed by atoms with Gasteiger partial charge in [-0.1, -0.05) is 13.8 Å². The number of anilines is 1. The maximum atomic E-state index is 12.5. The van der Waals surface area contributed by atoms with Gasteiger partial charge in [-0.2, -0.15) is 0 Å². The van der Waals surface area contributed by atoms with Crippen LogP contribution in [0.2, 0.25) is 0 Å². The fourth-order valence-corrected chi connectivity index (χ4v) is 2.60. The van der Waals surface area contributed by atoms with Crippen LogP contribution in [0.5, 0.6) is 0 Å². The summed E-state index contributed by atoms with van der Waals surface area (Å²) < 4.78 is 0. The van der Waals surface area contributed by atoms with Gasteiger partial charge in [0.2, 0.25) is 0 Å². The molecule has 0 unspecified atom stereocenters. The summed E-state index contributed by atoms with van der Waals surface area (Å²) in [6, 6.07) is 3.64. The minimum absolute atomic E-state index is 0.0756. The van der Waals surface area contributed by atoms with E-state index in [2.05, 4.69) is 29.0 Å². The lowest BCUT2D eigenvalue weighted by Crippen LogP contribution is -2.49. The van der Waals surface area contributed by atoms with Crippen molar-refractivity contribution in [2.45, 2.75) is 13.8 Å². The molecule has 2 rings (SSSR count). The first-order chi connectivity index (χ1) is 9.61. The van der Waals surface area contributed by atoms with Crippen molar-refractivity contribution >= 4 is 11.7 Å². The topological polar surface area (TPSA) is 48.5 Å². The molecule has 1 aliphatic heterocycles. The molecule has 0 spiro atoms. The first-order valence-electron chi connectivity index (χ1n) is 7.26. The van der Waals surface area contributed by atoms with Gasteiger partial charge in [0.05, 0.1) is 5.56 Å². The van der Waals surface area contributed by atoms with Gasteiger partial charge in [-0.15, -0.1) is 0 Å². The molecule has 5 nitrogen and oxygen atoms in total. The third kappa shape index (κ3) is 3.48. The number of carbonyl (C=O) groups is 1. The van der Waals surface area contributed by atoms with Crippen LogP contribution in [0, 0.1) is 5.92 Å². The van der Waals surface area contributed by atoms with E-state index < -0.39 is 0 Å². The maximum Gasteiger partial charge on any atom is 0.257 e. The van der Waals surface area contributed by atoms with E-state index in [9.17, 15) is 4.79 Å². The van der Waals surface area contributed by atoms with Crippen LogP contribution in [0.1, 0.15) is 24.2 Å². The Bertz CT molecular complexity index is 453. The molecule has 0 aliphatic carbocycles. The molecule has 20 heavy (non-hydrogen) atoms. The molecule has 0 radical (unpaired) electrons. The molecular formula is C15H24N4O. The molecule has 1 saturated heterocycles. The van der Waals surface area contributed by atoms with Crippen molar-refractivity contribution in [1.29, 1.82) is 0 Å². The number of hydrogen-bond acceptors (Lipinski definition) is 4. The summed E-state index contributed by atoms with van der Waals surface area (Å²) in [4.78, 5) is 21.1. The first-order valence-corrected chi connectivity index (χ1v) is 7.26. The predicted octanol–water partition coefficient (Wildman–Crippen LogP) is 1.54. The zero-order valence-electron chi connectivity index (χ0n) is 12.6. The van der Waals surface area contributed by atoms with Crippen molar-refractivity contribution in [3.05, 3.63) is 23.9 Å². The van der Waals surface area contributed by atoms with Gasteiger partial charge in [-0.05, 0) is 18.1 Å². The molecule has 0 saturated carbocycles. The van der Waals surface area contributed by atoms with Crippen molar-refractivity contribution in [3.63, 3.8) is 0 Å². The monoisotopic (exact) mass is 276 g/mol. The van der Waals surface area contributed by atoms with Gasteiger partial charge in [0, 0.05) is 46.0 Å². The van der Waals surface area contributed by atoms with Gasteiger partial charge >= 0.3 is 0 Å². The third-order valence-corrected chi connectivity index (χ3v) is 3.56. The highest BCUT2D eigenvalue weighted by Crippen LogP contribution is 2.15. The molecule has 2 heterocycles. The molecule has 1 N–H and O–H groups in total. The van der Waals surface area contributed by atoms with Crippen molar-refractivity contribution < 1.29 is 4.79 Å². The lowest BCUT2D eigenvalue weighted by molar-refractivity contribution is 0.0624.